The van der Waals surface area contributed by atoms with Crippen LogP contribution < -0.4 is 9.64 Å². The monoisotopic (exact) mass is 236 g/mol. The largest absolute Gasteiger partial charge is 0.492 e. The molecule has 0 aliphatic heterocycles. The number of likely N-dealkylation sites (N-methyl/N-ethyl adjacent to an activating group) is 1. The fraction of sp³-hybridized carbons (Fsp3) is 0.571. The standard InChI is InChI=1S/C14H24N2O/c1-6-12-13(16(4)5)8-7-9-14(12)17-11-10-15(2)3/h7-9H,6,10-11H2,1-5H3. The number of rotatable bonds is 6. The van der Waals surface area contributed by atoms with Crippen LogP contribution in [0.1, 0.15) is 12.5 Å². The summed E-state index contributed by atoms with van der Waals surface area (Å²) >= 11 is 0. The third-order valence-electron chi connectivity index (χ3n) is 2.74. The Balaban J connectivity index is 2.80. The molecule has 0 aliphatic carbocycles. The van der Waals surface area contributed by atoms with E-state index >= 15 is 0 Å². The van der Waals surface area contributed by atoms with Gasteiger partial charge in [0.15, 0.2) is 0 Å². The molecule has 0 saturated heterocycles. The Labute approximate surface area is 105 Å². The van der Waals surface area contributed by atoms with Crippen LogP contribution in [-0.4, -0.2) is 46.2 Å². The fourth-order valence-electron chi connectivity index (χ4n) is 1.80. The lowest BCUT2D eigenvalue weighted by Crippen LogP contribution is -2.20. The molecule has 0 N–H and O–H groups in total. The van der Waals surface area contributed by atoms with Crippen molar-refractivity contribution in [3.63, 3.8) is 0 Å². The highest BCUT2D eigenvalue weighted by Gasteiger charge is 2.09. The second-order valence-electron chi connectivity index (χ2n) is 4.65. The lowest BCUT2D eigenvalue weighted by Gasteiger charge is -2.20. The Morgan fingerprint density at radius 1 is 1.12 bits per heavy atom. The van der Waals surface area contributed by atoms with Crippen molar-refractivity contribution in [2.45, 2.75) is 13.3 Å². The molecule has 0 bridgehead atoms. The molecular formula is C14H24N2O. The zero-order chi connectivity index (χ0) is 12.8. The predicted molar refractivity (Wildman–Crippen MR) is 74.2 cm³/mol. The maximum atomic E-state index is 5.86. The molecule has 1 aromatic rings. The molecule has 0 radical (unpaired) electrons. The molecule has 0 fully saturated rings. The van der Waals surface area contributed by atoms with Gasteiger partial charge in [0.2, 0.25) is 0 Å². The number of hydrogen-bond acceptors (Lipinski definition) is 3. The van der Waals surface area contributed by atoms with Gasteiger partial charge in [-0.3, -0.25) is 0 Å². The van der Waals surface area contributed by atoms with Crippen LogP contribution in [-0.2, 0) is 6.42 Å². The van der Waals surface area contributed by atoms with Crippen LogP contribution in [0.25, 0.3) is 0 Å². The zero-order valence-electron chi connectivity index (χ0n) is 11.7. The summed E-state index contributed by atoms with van der Waals surface area (Å²) in [5.74, 6) is 1.01. The molecule has 3 nitrogen and oxygen atoms in total. The smallest absolute Gasteiger partial charge is 0.124 e. The second-order valence-corrected chi connectivity index (χ2v) is 4.65. The lowest BCUT2D eigenvalue weighted by molar-refractivity contribution is 0.259. The summed E-state index contributed by atoms with van der Waals surface area (Å²) in [6, 6.07) is 6.25. The molecular weight excluding hydrogens is 212 g/mol. The van der Waals surface area contributed by atoms with E-state index in [0.717, 1.165) is 25.3 Å². The van der Waals surface area contributed by atoms with Gasteiger partial charge in [0.05, 0.1) is 0 Å². The maximum Gasteiger partial charge on any atom is 0.124 e. The highest BCUT2D eigenvalue weighted by molar-refractivity contribution is 5.58. The zero-order valence-corrected chi connectivity index (χ0v) is 11.7. The van der Waals surface area contributed by atoms with Crippen molar-refractivity contribution in [2.24, 2.45) is 0 Å². The van der Waals surface area contributed by atoms with Gasteiger partial charge in [0.1, 0.15) is 12.4 Å². The number of nitrogens with zero attached hydrogens (tertiary/aromatic N) is 2. The summed E-state index contributed by atoms with van der Waals surface area (Å²) in [5, 5.41) is 0. The third kappa shape index (κ3) is 3.93. The topological polar surface area (TPSA) is 15.7 Å². The molecule has 0 saturated carbocycles. The van der Waals surface area contributed by atoms with Gasteiger partial charge in [-0.25, -0.2) is 0 Å². The Morgan fingerprint density at radius 2 is 1.82 bits per heavy atom. The molecule has 0 aromatic heterocycles. The molecule has 0 spiro atoms. The molecule has 96 valence electrons. The first-order valence-electron chi connectivity index (χ1n) is 6.13. The van der Waals surface area contributed by atoms with Crippen LogP contribution in [0.2, 0.25) is 0 Å². The van der Waals surface area contributed by atoms with Gasteiger partial charge in [-0.2, -0.15) is 0 Å². The van der Waals surface area contributed by atoms with Crippen LogP contribution in [0.3, 0.4) is 0 Å². The Bertz CT molecular complexity index is 348. The van der Waals surface area contributed by atoms with E-state index in [0.29, 0.717) is 0 Å². The molecule has 0 aliphatic rings. The highest BCUT2D eigenvalue weighted by Crippen LogP contribution is 2.28. The first-order valence-corrected chi connectivity index (χ1v) is 6.13. The summed E-state index contributed by atoms with van der Waals surface area (Å²) < 4.78 is 5.86. The minimum Gasteiger partial charge on any atom is -0.492 e. The summed E-state index contributed by atoms with van der Waals surface area (Å²) in [5.41, 5.74) is 2.53. The number of hydrogen-bond donors (Lipinski definition) is 0. The lowest BCUT2D eigenvalue weighted by atomic mass is 10.1. The van der Waals surface area contributed by atoms with Gasteiger partial charge in [-0.1, -0.05) is 13.0 Å². The van der Waals surface area contributed by atoms with E-state index in [4.69, 9.17) is 4.74 Å². The molecule has 0 heterocycles. The van der Waals surface area contributed by atoms with Crippen LogP contribution in [0, 0.1) is 0 Å². The first kappa shape index (κ1) is 13.8. The van der Waals surface area contributed by atoms with Crippen molar-refractivity contribution < 1.29 is 4.74 Å². The van der Waals surface area contributed by atoms with E-state index in [-0.39, 0.29) is 0 Å². The van der Waals surface area contributed by atoms with Crippen molar-refractivity contribution in [1.29, 1.82) is 0 Å². The minimum absolute atomic E-state index is 0.733. The van der Waals surface area contributed by atoms with Crippen molar-refractivity contribution in [3.05, 3.63) is 23.8 Å². The predicted octanol–water partition coefficient (Wildman–Crippen LogP) is 2.26. The third-order valence-corrected chi connectivity index (χ3v) is 2.74. The summed E-state index contributed by atoms with van der Waals surface area (Å²) in [6.45, 7) is 3.84. The molecule has 0 unspecified atom stereocenters. The average molecular weight is 236 g/mol. The van der Waals surface area contributed by atoms with Crippen molar-refractivity contribution in [1.82, 2.24) is 4.90 Å². The van der Waals surface area contributed by atoms with Gasteiger partial charge in [0.25, 0.3) is 0 Å². The molecule has 1 aromatic carbocycles. The van der Waals surface area contributed by atoms with Crippen molar-refractivity contribution in [2.75, 3.05) is 46.2 Å². The van der Waals surface area contributed by atoms with Gasteiger partial charge in [0, 0.05) is 31.9 Å². The first-order chi connectivity index (χ1) is 8.06. The van der Waals surface area contributed by atoms with Gasteiger partial charge in [-0.15, -0.1) is 0 Å². The normalized spacial score (nSPS) is 10.7. The molecule has 1 rings (SSSR count). The van der Waals surface area contributed by atoms with E-state index in [9.17, 15) is 0 Å². The van der Waals surface area contributed by atoms with Gasteiger partial charge >= 0.3 is 0 Å². The average Bonchev–Trinajstić information content (AvgIpc) is 2.28. The van der Waals surface area contributed by atoms with E-state index in [2.05, 4.69) is 63.1 Å². The highest BCUT2D eigenvalue weighted by atomic mass is 16.5. The number of ether oxygens (including phenoxy) is 1. The minimum atomic E-state index is 0.733. The van der Waals surface area contributed by atoms with Crippen molar-refractivity contribution in [3.8, 4) is 5.75 Å². The fourth-order valence-corrected chi connectivity index (χ4v) is 1.80. The van der Waals surface area contributed by atoms with E-state index in [1.54, 1.807) is 0 Å². The quantitative estimate of drug-likeness (QED) is 0.753. The molecule has 17 heavy (non-hydrogen) atoms. The van der Waals surface area contributed by atoms with Crippen LogP contribution in [0.5, 0.6) is 5.75 Å². The summed E-state index contributed by atoms with van der Waals surface area (Å²) in [7, 11) is 8.25. The molecule has 0 atom stereocenters. The van der Waals surface area contributed by atoms with E-state index < -0.39 is 0 Å². The Hall–Kier alpha value is -1.22. The number of benzene rings is 1. The Kier molecular flexibility index (Phi) is 5.29. The maximum absolute atomic E-state index is 5.86. The van der Waals surface area contributed by atoms with Crippen LogP contribution in [0.4, 0.5) is 5.69 Å². The van der Waals surface area contributed by atoms with Crippen LogP contribution >= 0.6 is 0 Å². The van der Waals surface area contributed by atoms with E-state index in [1.807, 2.05) is 0 Å². The SMILES string of the molecule is CCc1c(OCCN(C)C)cccc1N(C)C. The summed E-state index contributed by atoms with van der Waals surface area (Å²) in [6.07, 6.45) is 0.992. The molecule has 3 heteroatoms. The number of anilines is 1. The summed E-state index contributed by atoms with van der Waals surface area (Å²) in [4.78, 5) is 4.26. The van der Waals surface area contributed by atoms with Crippen molar-refractivity contribution >= 4 is 5.69 Å². The molecule has 0 amide bonds. The van der Waals surface area contributed by atoms with Gasteiger partial charge in [-0.05, 0) is 32.6 Å². The van der Waals surface area contributed by atoms with E-state index in [1.165, 1.54) is 11.3 Å². The van der Waals surface area contributed by atoms with Crippen LogP contribution in [0.15, 0.2) is 18.2 Å². The Morgan fingerprint density at radius 3 is 2.35 bits per heavy atom. The second kappa shape index (κ2) is 6.50. The van der Waals surface area contributed by atoms with Gasteiger partial charge < -0.3 is 14.5 Å².